The van der Waals surface area contributed by atoms with Gasteiger partial charge in [-0.2, -0.15) is 11.3 Å². The van der Waals surface area contributed by atoms with Crippen LogP contribution in [0.25, 0.3) is 0 Å². The fraction of sp³-hybridized carbons (Fsp3) is 0.455. The van der Waals surface area contributed by atoms with Crippen molar-refractivity contribution >= 4 is 40.6 Å². The molecule has 2 fully saturated rings. The highest BCUT2D eigenvalue weighted by atomic mass is 32.1. The third kappa shape index (κ3) is 4.33. The number of carboxylic acids is 1. The van der Waals surface area contributed by atoms with Crippen LogP contribution < -0.4 is 16.0 Å². The van der Waals surface area contributed by atoms with E-state index in [1.165, 1.54) is 30.0 Å². The average Bonchev–Trinajstić information content (AvgIpc) is 3.35. The number of carbonyl (C=O) groups excluding carboxylic acids is 2. The van der Waals surface area contributed by atoms with Gasteiger partial charge in [0.15, 0.2) is 0 Å². The first-order valence-electron chi connectivity index (χ1n) is 10.8. The largest absolute Gasteiger partial charge is 0.478 e. The van der Waals surface area contributed by atoms with E-state index < -0.39 is 11.5 Å². The van der Waals surface area contributed by atoms with Gasteiger partial charge in [0.05, 0.1) is 17.4 Å². The van der Waals surface area contributed by atoms with Gasteiger partial charge in [0, 0.05) is 18.5 Å². The predicted molar refractivity (Wildman–Crippen MR) is 122 cm³/mol. The number of hydrogen-bond donors (Lipinski definition) is 3. The number of pyridine rings is 1. The molecule has 0 aliphatic carbocycles. The van der Waals surface area contributed by atoms with E-state index in [0.717, 1.165) is 25.9 Å². The molecular formula is C22H27N5O4S. The summed E-state index contributed by atoms with van der Waals surface area (Å²) in [5.74, 6) is -1.41. The monoisotopic (exact) mass is 457 g/mol. The van der Waals surface area contributed by atoms with E-state index in [0.29, 0.717) is 43.0 Å². The molecule has 2 aromatic heterocycles. The summed E-state index contributed by atoms with van der Waals surface area (Å²) in [5, 5.41) is 16.0. The Kier molecular flexibility index (Phi) is 6.43. The third-order valence-corrected chi connectivity index (χ3v) is 7.13. The Morgan fingerprint density at radius 2 is 1.84 bits per heavy atom. The van der Waals surface area contributed by atoms with Gasteiger partial charge in [-0.3, -0.25) is 14.5 Å². The number of hydrogen-bond acceptors (Lipinski definition) is 7. The van der Waals surface area contributed by atoms with Crippen molar-refractivity contribution in [3.8, 4) is 0 Å². The van der Waals surface area contributed by atoms with Gasteiger partial charge in [-0.1, -0.05) is 6.42 Å². The van der Waals surface area contributed by atoms with Crippen LogP contribution in [0.5, 0.6) is 0 Å². The Balaban J connectivity index is 1.51. The van der Waals surface area contributed by atoms with Crippen molar-refractivity contribution in [2.24, 2.45) is 5.73 Å². The summed E-state index contributed by atoms with van der Waals surface area (Å²) in [5.41, 5.74) is 6.00. The number of nitrogens with zero attached hydrogens (tertiary/aromatic N) is 3. The topological polar surface area (TPSA) is 129 Å². The number of piperidine rings is 2. The second-order valence-electron chi connectivity index (χ2n) is 8.30. The maximum atomic E-state index is 12.5. The van der Waals surface area contributed by atoms with E-state index in [1.54, 1.807) is 16.8 Å². The summed E-state index contributed by atoms with van der Waals surface area (Å²) >= 11 is 1.41. The lowest BCUT2D eigenvalue weighted by atomic mass is 9.83. The highest BCUT2D eigenvalue weighted by Gasteiger charge is 2.45. The van der Waals surface area contributed by atoms with Crippen LogP contribution in [-0.4, -0.2) is 64.5 Å². The smallest absolute Gasteiger partial charge is 0.339 e. The molecule has 0 radical (unpaired) electrons. The van der Waals surface area contributed by atoms with E-state index in [9.17, 15) is 19.5 Å². The molecule has 0 bridgehead atoms. The first kappa shape index (κ1) is 22.2. The van der Waals surface area contributed by atoms with Gasteiger partial charge in [0.2, 0.25) is 5.91 Å². The fourth-order valence-corrected chi connectivity index (χ4v) is 5.30. The van der Waals surface area contributed by atoms with E-state index in [1.807, 2.05) is 4.90 Å². The molecule has 9 nitrogen and oxygen atoms in total. The number of anilines is 2. The normalized spacial score (nSPS) is 18.8. The number of nitrogens with two attached hydrogens (primary N) is 1. The summed E-state index contributed by atoms with van der Waals surface area (Å²) < 4.78 is 0. The number of primary amides is 1. The maximum Gasteiger partial charge on any atom is 0.339 e. The number of aromatic carboxylic acids is 1. The molecule has 2 aliphatic heterocycles. The number of carbonyl (C=O) groups is 3. The molecule has 2 aromatic rings. The Labute approximate surface area is 190 Å². The second-order valence-corrected chi connectivity index (χ2v) is 9.08. The van der Waals surface area contributed by atoms with Gasteiger partial charge in [-0.15, -0.1) is 0 Å². The van der Waals surface area contributed by atoms with Crippen LogP contribution in [0.15, 0.2) is 29.1 Å². The Hall–Kier alpha value is -2.98. The summed E-state index contributed by atoms with van der Waals surface area (Å²) in [6.45, 7) is 2.68. The third-order valence-electron chi connectivity index (χ3n) is 6.45. The number of aromatic nitrogens is 1. The van der Waals surface area contributed by atoms with Crippen LogP contribution in [0, 0.1) is 0 Å². The molecule has 0 saturated carbocycles. The van der Waals surface area contributed by atoms with Gasteiger partial charge in [-0.05, 0) is 56.3 Å². The molecular weight excluding hydrogens is 430 g/mol. The SMILES string of the molecule is NC(=O)C1(N2CCCCC2)CCN(c2ncc(NC(=O)c3ccsc3)cc2C(=O)O)CC1. The Morgan fingerprint density at radius 1 is 1.12 bits per heavy atom. The first-order valence-corrected chi connectivity index (χ1v) is 11.7. The molecule has 0 unspecified atom stereocenters. The molecule has 2 saturated heterocycles. The molecule has 4 N–H and O–H groups in total. The molecule has 10 heteroatoms. The van der Waals surface area contributed by atoms with Gasteiger partial charge in [-0.25, -0.2) is 9.78 Å². The molecule has 32 heavy (non-hydrogen) atoms. The van der Waals surface area contributed by atoms with Crippen molar-refractivity contribution in [3.63, 3.8) is 0 Å². The lowest BCUT2D eigenvalue weighted by Gasteiger charge is -2.48. The van der Waals surface area contributed by atoms with Crippen molar-refractivity contribution in [3.05, 3.63) is 40.2 Å². The summed E-state index contributed by atoms with van der Waals surface area (Å²) in [4.78, 5) is 45.2. The summed E-state index contributed by atoms with van der Waals surface area (Å²) in [6, 6.07) is 3.12. The van der Waals surface area contributed by atoms with E-state index in [-0.39, 0.29) is 17.4 Å². The van der Waals surface area contributed by atoms with Crippen molar-refractivity contribution in [2.75, 3.05) is 36.4 Å². The first-order chi connectivity index (χ1) is 15.4. The fourth-order valence-electron chi connectivity index (χ4n) is 4.66. The molecule has 170 valence electrons. The zero-order chi connectivity index (χ0) is 22.7. The van der Waals surface area contributed by atoms with Crippen molar-refractivity contribution in [2.45, 2.75) is 37.6 Å². The van der Waals surface area contributed by atoms with Crippen LogP contribution >= 0.6 is 11.3 Å². The van der Waals surface area contributed by atoms with Crippen LogP contribution in [0.4, 0.5) is 11.5 Å². The van der Waals surface area contributed by atoms with Crippen molar-refractivity contribution < 1.29 is 19.5 Å². The molecule has 4 rings (SSSR count). The lowest BCUT2D eigenvalue weighted by Crippen LogP contribution is -2.63. The quantitative estimate of drug-likeness (QED) is 0.607. The number of likely N-dealkylation sites (tertiary alicyclic amines) is 1. The van der Waals surface area contributed by atoms with E-state index in [4.69, 9.17) is 5.73 Å². The molecule has 2 amide bonds. The number of thiophene rings is 1. The van der Waals surface area contributed by atoms with Gasteiger partial charge in [0.25, 0.3) is 5.91 Å². The lowest BCUT2D eigenvalue weighted by molar-refractivity contribution is -0.132. The molecule has 0 aromatic carbocycles. The summed E-state index contributed by atoms with van der Waals surface area (Å²) in [7, 11) is 0. The standard InChI is InChI=1S/C22H27N5O4S/c23-21(31)22(27-7-2-1-3-8-27)5-9-26(10-6-22)18-17(20(29)30)12-16(13-24-18)25-19(28)15-4-11-32-14-15/h4,11-14H,1-3,5-10H2,(H2,23,31)(H,25,28)(H,29,30). The van der Waals surface area contributed by atoms with Crippen molar-refractivity contribution in [1.82, 2.24) is 9.88 Å². The molecule has 2 aliphatic rings. The molecule has 0 atom stereocenters. The van der Waals surface area contributed by atoms with Gasteiger partial charge < -0.3 is 21.1 Å². The van der Waals surface area contributed by atoms with Crippen molar-refractivity contribution in [1.29, 1.82) is 0 Å². The summed E-state index contributed by atoms with van der Waals surface area (Å²) in [6.07, 6.45) is 5.80. The van der Waals surface area contributed by atoms with Crippen LogP contribution in [-0.2, 0) is 4.79 Å². The maximum absolute atomic E-state index is 12.5. The highest BCUT2D eigenvalue weighted by molar-refractivity contribution is 7.08. The Bertz CT molecular complexity index is 996. The number of nitrogens with one attached hydrogen (secondary N) is 1. The zero-order valence-corrected chi connectivity index (χ0v) is 18.6. The zero-order valence-electron chi connectivity index (χ0n) is 17.7. The van der Waals surface area contributed by atoms with Gasteiger partial charge >= 0.3 is 5.97 Å². The number of amides is 2. The number of rotatable bonds is 6. The average molecular weight is 458 g/mol. The molecule has 4 heterocycles. The minimum Gasteiger partial charge on any atom is -0.478 e. The second kappa shape index (κ2) is 9.25. The predicted octanol–water partition coefficient (Wildman–Crippen LogP) is 2.40. The minimum absolute atomic E-state index is 0.0117. The van der Waals surface area contributed by atoms with Crippen LogP contribution in [0.2, 0.25) is 0 Å². The number of carboxylic acid groups (broad SMARTS) is 1. The highest BCUT2D eigenvalue weighted by Crippen LogP contribution is 2.34. The van der Waals surface area contributed by atoms with E-state index in [2.05, 4.69) is 15.2 Å². The van der Waals surface area contributed by atoms with E-state index >= 15 is 0 Å². The van der Waals surface area contributed by atoms with Crippen LogP contribution in [0.1, 0.15) is 52.8 Å². The Morgan fingerprint density at radius 3 is 2.44 bits per heavy atom. The minimum atomic E-state index is -1.12. The van der Waals surface area contributed by atoms with Gasteiger partial charge in [0.1, 0.15) is 16.9 Å². The molecule has 0 spiro atoms. The van der Waals surface area contributed by atoms with Crippen LogP contribution in [0.3, 0.4) is 0 Å².